The summed E-state index contributed by atoms with van der Waals surface area (Å²) in [6, 6.07) is 1.91. The smallest absolute Gasteiger partial charge is 0.245 e. The maximum absolute atomic E-state index is 14.3. The Morgan fingerprint density at radius 2 is 2.00 bits per heavy atom. The highest BCUT2D eigenvalue weighted by atomic mass is 32.2. The van der Waals surface area contributed by atoms with Gasteiger partial charge in [0.1, 0.15) is 10.7 Å². The summed E-state index contributed by atoms with van der Waals surface area (Å²) in [6.07, 6.45) is 0. The van der Waals surface area contributed by atoms with Crippen LogP contribution in [0.3, 0.4) is 0 Å². The fourth-order valence-corrected chi connectivity index (χ4v) is 2.94. The topological polar surface area (TPSA) is 58.6 Å². The van der Waals surface area contributed by atoms with E-state index in [4.69, 9.17) is 4.74 Å². The molecule has 0 unspecified atom stereocenters. The van der Waals surface area contributed by atoms with Crippen LogP contribution in [0.1, 0.15) is 12.5 Å². The molecule has 0 saturated carbocycles. The minimum Gasteiger partial charge on any atom is -0.383 e. The predicted molar refractivity (Wildman–Crippen MR) is 75.4 cm³/mol. The van der Waals surface area contributed by atoms with E-state index < -0.39 is 26.6 Å². The molecule has 1 rings (SSSR count). The maximum atomic E-state index is 14.3. The number of halogens is 2. The van der Waals surface area contributed by atoms with Gasteiger partial charge in [-0.15, -0.1) is 0 Å². The van der Waals surface area contributed by atoms with Crippen LogP contribution in [0.2, 0.25) is 0 Å². The standard InChI is InChI=1S/C13H20F2N2O3S/c1-4-16-9-10-11(14)5-6-12(13(10)15)21(18,19)17(2)7-8-20-3/h5-6,16H,4,7-9H2,1-3H3. The van der Waals surface area contributed by atoms with Gasteiger partial charge in [-0.1, -0.05) is 6.92 Å². The molecule has 0 saturated heterocycles. The predicted octanol–water partition coefficient (Wildman–Crippen LogP) is 1.34. The average molecular weight is 322 g/mol. The van der Waals surface area contributed by atoms with E-state index in [1.54, 1.807) is 6.92 Å². The van der Waals surface area contributed by atoms with E-state index >= 15 is 0 Å². The van der Waals surface area contributed by atoms with Gasteiger partial charge in [-0.3, -0.25) is 0 Å². The fraction of sp³-hybridized carbons (Fsp3) is 0.538. The summed E-state index contributed by atoms with van der Waals surface area (Å²) in [6.45, 7) is 2.50. The van der Waals surface area contributed by atoms with Gasteiger partial charge in [0.25, 0.3) is 0 Å². The second-order valence-electron chi connectivity index (χ2n) is 4.44. The van der Waals surface area contributed by atoms with Crippen molar-refractivity contribution in [3.63, 3.8) is 0 Å². The molecule has 1 N–H and O–H groups in total. The molecule has 0 spiro atoms. The highest BCUT2D eigenvalue weighted by Crippen LogP contribution is 2.23. The van der Waals surface area contributed by atoms with Gasteiger partial charge >= 0.3 is 0 Å². The van der Waals surface area contributed by atoms with Crippen LogP contribution in [0.15, 0.2) is 17.0 Å². The lowest BCUT2D eigenvalue weighted by Gasteiger charge is -2.18. The minimum atomic E-state index is -4.02. The Hall–Kier alpha value is -1.09. The van der Waals surface area contributed by atoms with Gasteiger partial charge in [0.15, 0.2) is 5.82 Å². The molecule has 21 heavy (non-hydrogen) atoms. The number of benzene rings is 1. The van der Waals surface area contributed by atoms with Crippen molar-refractivity contribution in [2.24, 2.45) is 0 Å². The van der Waals surface area contributed by atoms with E-state index in [0.717, 1.165) is 16.4 Å². The first kappa shape index (κ1) is 18.0. The number of ether oxygens (including phenoxy) is 1. The zero-order chi connectivity index (χ0) is 16.0. The van der Waals surface area contributed by atoms with Crippen molar-refractivity contribution in [1.29, 1.82) is 0 Å². The summed E-state index contributed by atoms with van der Waals surface area (Å²) < 4.78 is 58.3. The van der Waals surface area contributed by atoms with Gasteiger partial charge < -0.3 is 10.1 Å². The highest BCUT2D eigenvalue weighted by Gasteiger charge is 2.27. The number of sulfonamides is 1. The van der Waals surface area contributed by atoms with Gasteiger partial charge in [-0.25, -0.2) is 17.2 Å². The summed E-state index contributed by atoms with van der Waals surface area (Å²) in [5.41, 5.74) is -0.280. The molecule has 5 nitrogen and oxygen atoms in total. The Morgan fingerprint density at radius 3 is 2.57 bits per heavy atom. The molecule has 0 aliphatic carbocycles. The summed E-state index contributed by atoms with van der Waals surface area (Å²) in [7, 11) is -1.26. The average Bonchev–Trinajstić information content (AvgIpc) is 2.44. The van der Waals surface area contributed by atoms with Crippen LogP contribution in [0, 0.1) is 11.6 Å². The first-order chi connectivity index (χ1) is 9.86. The lowest BCUT2D eigenvalue weighted by molar-refractivity contribution is 0.185. The van der Waals surface area contributed by atoms with Crippen LogP contribution in [0.4, 0.5) is 8.78 Å². The fourth-order valence-electron chi connectivity index (χ4n) is 1.70. The molecule has 0 aromatic heterocycles. The molecule has 1 aromatic rings. The number of nitrogens with zero attached hydrogens (tertiary/aromatic N) is 1. The van der Waals surface area contributed by atoms with Crippen LogP contribution >= 0.6 is 0 Å². The zero-order valence-electron chi connectivity index (χ0n) is 12.3. The summed E-state index contributed by atoms with van der Waals surface area (Å²) in [5.74, 6) is -1.83. The first-order valence-corrected chi connectivity index (χ1v) is 7.93. The van der Waals surface area contributed by atoms with E-state index in [1.165, 1.54) is 14.2 Å². The second kappa shape index (κ2) is 7.79. The van der Waals surface area contributed by atoms with E-state index in [2.05, 4.69) is 5.32 Å². The molecule has 0 amide bonds. The van der Waals surface area contributed by atoms with Crippen LogP contribution in [-0.4, -0.2) is 46.6 Å². The Bertz CT molecular complexity index is 579. The molecule has 0 atom stereocenters. The second-order valence-corrected chi connectivity index (χ2v) is 6.45. The Kier molecular flexibility index (Phi) is 6.66. The lowest BCUT2D eigenvalue weighted by atomic mass is 10.2. The van der Waals surface area contributed by atoms with Crippen molar-refractivity contribution >= 4 is 10.0 Å². The van der Waals surface area contributed by atoms with Crippen LogP contribution in [0.25, 0.3) is 0 Å². The Balaban J connectivity index is 3.18. The normalized spacial score (nSPS) is 12.1. The number of methoxy groups -OCH3 is 1. The molecule has 0 heterocycles. The van der Waals surface area contributed by atoms with Gasteiger partial charge in [0.2, 0.25) is 10.0 Å². The molecule has 0 fully saturated rings. The van der Waals surface area contributed by atoms with Crippen LogP contribution in [0.5, 0.6) is 0 Å². The van der Waals surface area contributed by atoms with Gasteiger partial charge in [0.05, 0.1) is 6.61 Å². The molecular weight excluding hydrogens is 302 g/mol. The Labute approximate surface area is 124 Å². The molecule has 0 radical (unpaired) electrons. The van der Waals surface area contributed by atoms with Crippen molar-refractivity contribution < 1.29 is 21.9 Å². The number of nitrogens with one attached hydrogen (secondary N) is 1. The van der Waals surface area contributed by atoms with Crippen LogP contribution < -0.4 is 5.32 Å². The van der Waals surface area contributed by atoms with Gasteiger partial charge in [0, 0.05) is 32.8 Å². The van der Waals surface area contributed by atoms with Crippen molar-refractivity contribution in [2.75, 3.05) is 33.9 Å². The number of hydrogen-bond acceptors (Lipinski definition) is 4. The summed E-state index contributed by atoms with van der Waals surface area (Å²) in [4.78, 5) is -0.532. The zero-order valence-corrected chi connectivity index (χ0v) is 13.1. The highest BCUT2D eigenvalue weighted by molar-refractivity contribution is 7.89. The third-order valence-corrected chi connectivity index (χ3v) is 4.88. The largest absolute Gasteiger partial charge is 0.383 e. The molecule has 120 valence electrons. The molecule has 0 aliphatic heterocycles. The first-order valence-electron chi connectivity index (χ1n) is 6.49. The minimum absolute atomic E-state index is 0.0701. The van der Waals surface area contributed by atoms with E-state index in [-0.39, 0.29) is 25.3 Å². The number of hydrogen-bond donors (Lipinski definition) is 1. The van der Waals surface area contributed by atoms with Gasteiger partial charge in [-0.05, 0) is 18.7 Å². The number of rotatable bonds is 8. The molecular formula is C13H20F2N2O3S. The van der Waals surface area contributed by atoms with Crippen molar-refractivity contribution in [1.82, 2.24) is 9.62 Å². The molecule has 0 aliphatic rings. The third-order valence-electron chi connectivity index (χ3n) is 3.00. The molecule has 0 bridgehead atoms. The van der Waals surface area contributed by atoms with E-state index in [1.807, 2.05) is 0 Å². The third kappa shape index (κ3) is 4.19. The van der Waals surface area contributed by atoms with Crippen molar-refractivity contribution in [3.05, 3.63) is 29.3 Å². The quantitative estimate of drug-likeness (QED) is 0.785. The SMILES string of the molecule is CCNCc1c(F)ccc(S(=O)(=O)N(C)CCOC)c1F. The maximum Gasteiger partial charge on any atom is 0.245 e. The molecule has 1 aromatic carbocycles. The van der Waals surface area contributed by atoms with Gasteiger partial charge in [-0.2, -0.15) is 4.31 Å². The van der Waals surface area contributed by atoms with Crippen LogP contribution in [-0.2, 0) is 21.3 Å². The number of likely N-dealkylation sites (N-methyl/N-ethyl adjacent to an activating group) is 1. The van der Waals surface area contributed by atoms with Crippen molar-refractivity contribution in [2.45, 2.75) is 18.4 Å². The lowest BCUT2D eigenvalue weighted by Crippen LogP contribution is -2.31. The summed E-state index contributed by atoms with van der Waals surface area (Å²) >= 11 is 0. The Morgan fingerprint density at radius 1 is 1.33 bits per heavy atom. The van der Waals surface area contributed by atoms with Crippen molar-refractivity contribution in [3.8, 4) is 0 Å². The molecule has 8 heteroatoms. The monoisotopic (exact) mass is 322 g/mol. The van der Waals surface area contributed by atoms with E-state index in [9.17, 15) is 17.2 Å². The van der Waals surface area contributed by atoms with E-state index in [0.29, 0.717) is 6.54 Å². The summed E-state index contributed by atoms with van der Waals surface area (Å²) in [5, 5.41) is 2.78.